The first-order valence-electron chi connectivity index (χ1n) is 10.0. The summed E-state index contributed by atoms with van der Waals surface area (Å²) < 4.78 is 79.0. The zero-order valence-electron chi connectivity index (χ0n) is 18.1. The zero-order chi connectivity index (χ0) is 25.5. The molecule has 0 radical (unpaired) electrons. The van der Waals surface area contributed by atoms with Crippen molar-refractivity contribution in [2.45, 2.75) is 44.2 Å². The summed E-state index contributed by atoms with van der Waals surface area (Å²) in [5, 5.41) is 11.5. The van der Waals surface area contributed by atoms with Crippen LogP contribution >= 0.6 is 0 Å². The van der Waals surface area contributed by atoms with Crippen LogP contribution in [0.5, 0.6) is 0 Å². The van der Waals surface area contributed by atoms with Crippen molar-refractivity contribution in [3.8, 4) is 17.2 Å². The first kappa shape index (κ1) is 25.2. The molecule has 182 valence electrons. The molecule has 3 heterocycles. The number of hydrogen-bond acceptors (Lipinski definition) is 6. The molecule has 3 N–H and O–H groups in total. The van der Waals surface area contributed by atoms with Crippen molar-refractivity contribution >= 4 is 11.6 Å². The largest absolute Gasteiger partial charge is 0.433 e. The van der Waals surface area contributed by atoms with Crippen LogP contribution in [0.1, 0.15) is 42.0 Å². The van der Waals surface area contributed by atoms with Crippen LogP contribution in [0.15, 0.2) is 24.5 Å². The number of nitrogens with zero attached hydrogens (tertiary/aromatic N) is 4. The van der Waals surface area contributed by atoms with Crippen LogP contribution in [0, 0.1) is 11.3 Å². The third kappa shape index (κ3) is 5.22. The summed E-state index contributed by atoms with van der Waals surface area (Å²) in [6.45, 7) is 2.86. The lowest BCUT2D eigenvalue weighted by molar-refractivity contribution is -0.149. The van der Waals surface area contributed by atoms with Crippen molar-refractivity contribution in [2.24, 2.45) is 5.73 Å². The smallest absolute Gasteiger partial charge is 0.368 e. The highest BCUT2D eigenvalue weighted by atomic mass is 19.4. The maximum atomic E-state index is 13.3. The second-order valence-corrected chi connectivity index (χ2v) is 8.35. The van der Waals surface area contributed by atoms with E-state index in [1.807, 2.05) is 5.32 Å². The lowest BCUT2D eigenvalue weighted by atomic mass is 9.97. The molecule has 34 heavy (non-hydrogen) atoms. The maximum absolute atomic E-state index is 13.3. The number of carbonyl (C=O) groups is 1. The highest BCUT2D eigenvalue weighted by Crippen LogP contribution is 2.40. The van der Waals surface area contributed by atoms with E-state index in [-0.39, 0.29) is 41.2 Å². The predicted octanol–water partition coefficient (Wildman–Crippen LogP) is 3.64. The SMILES string of the molecule is C[C@H](NC(=O)c1cnc(C#N)c(-c2ccnc(C(F)(F)F)c2)c1N1CC[C@](C)(N)C1)C(F)(F)F. The Kier molecular flexibility index (Phi) is 6.49. The number of rotatable bonds is 4. The molecule has 0 bridgehead atoms. The molecule has 2 aromatic rings. The van der Waals surface area contributed by atoms with E-state index in [9.17, 15) is 36.4 Å². The Morgan fingerprint density at radius 3 is 2.50 bits per heavy atom. The van der Waals surface area contributed by atoms with Gasteiger partial charge in [-0.1, -0.05) is 0 Å². The van der Waals surface area contributed by atoms with E-state index in [0.29, 0.717) is 12.5 Å². The third-order valence-electron chi connectivity index (χ3n) is 5.40. The summed E-state index contributed by atoms with van der Waals surface area (Å²) in [7, 11) is 0. The Morgan fingerprint density at radius 2 is 1.97 bits per heavy atom. The minimum atomic E-state index is -4.79. The van der Waals surface area contributed by atoms with Crippen LogP contribution < -0.4 is 16.0 Å². The van der Waals surface area contributed by atoms with E-state index in [4.69, 9.17) is 5.73 Å². The molecule has 0 aromatic carbocycles. The average molecular weight is 486 g/mol. The molecule has 0 unspecified atom stereocenters. The predicted molar refractivity (Wildman–Crippen MR) is 110 cm³/mol. The molecule has 1 amide bonds. The van der Waals surface area contributed by atoms with Crippen molar-refractivity contribution in [3.05, 3.63) is 41.5 Å². The average Bonchev–Trinajstić information content (AvgIpc) is 3.10. The first-order chi connectivity index (χ1) is 15.6. The van der Waals surface area contributed by atoms with Gasteiger partial charge in [0.1, 0.15) is 23.5 Å². The summed E-state index contributed by atoms with van der Waals surface area (Å²) in [6, 6.07) is 1.48. The molecule has 1 aliphatic rings. The van der Waals surface area contributed by atoms with E-state index in [1.165, 1.54) is 6.07 Å². The van der Waals surface area contributed by atoms with Gasteiger partial charge in [-0.3, -0.25) is 9.78 Å². The van der Waals surface area contributed by atoms with Crippen LogP contribution in [0.4, 0.5) is 32.0 Å². The van der Waals surface area contributed by atoms with Gasteiger partial charge in [-0.25, -0.2) is 4.98 Å². The highest BCUT2D eigenvalue weighted by Gasteiger charge is 2.39. The summed E-state index contributed by atoms with van der Waals surface area (Å²) in [5.41, 5.74) is 3.30. The van der Waals surface area contributed by atoms with Crippen molar-refractivity contribution in [1.82, 2.24) is 15.3 Å². The molecule has 0 aliphatic carbocycles. The summed E-state index contributed by atoms with van der Waals surface area (Å²) >= 11 is 0. The number of pyridine rings is 2. The second kappa shape index (κ2) is 8.75. The molecule has 0 spiro atoms. The van der Waals surface area contributed by atoms with Crippen LogP contribution in [0.25, 0.3) is 11.1 Å². The topological polar surface area (TPSA) is 108 Å². The monoisotopic (exact) mass is 486 g/mol. The van der Waals surface area contributed by atoms with Crippen LogP contribution in [0.3, 0.4) is 0 Å². The molecule has 1 saturated heterocycles. The van der Waals surface area contributed by atoms with Gasteiger partial charge in [0, 0.05) is 36.6 Å². The van der Waals surface area contributed by atoms with Gasteiger partial charge in [0.05, 0.1) is 11.3 Å². The molecule has 2 atom stereocenters. The number of nitrogens with one attached hydrogen (secondary N) is 1. The molecule has 3 rings (SSSR count). The number of nitrogens with two attached hydrogens (primary N) is 1. The Bertz CT molecular complexity index is 1140. The Hall–Kier alpha value is -3.40. The Labute approximate surface area is 190 Å². The fourth-order valence-corrected chi connectivity index (χ4v) is 3.63. The highest BCUT2D eigenvalue weighted by molar-refractivity contribution is 6.04. The summed E-state index contributed by atoms with van der Waals surface area (Å²) in [6.07, 6.45) is -7.26. The fourth-order valence-electron chi connectivity index (χ4n) is 3.63. The van der Waals surface area contributed by atoms with E-state index >= 15 is 0 Å². The number of aromatic nitrogens is 2. The van der Waals surface area contributed by atoms with E-state index in [0.717, 1.165) is 19.3 Å². The van der Waals surface area contributed by atoms with Gasteiger partial charge in [-0.15, -0.1) is 0 Å². The molecular formula is C21H20F6N6O. The van der Waals surface area contributed by atoms with Crippen LogP contribution in [-0.2, 0) is 6.18 Å². The fraction of sp³-hybridized carbons (Fsp3) is 0.429. The van der Waals surface area contributed by atoms with E-state index in [1.54, 1.807) is 17.9 Å². The standard InChI is InChI=1S/C21H20F6N6O/c1-11(20(22,23)24)32-18(34)13-9-31-14(8-28)16(17(13)33-6-4-19(2,29)10-33)12-3-5-30-15(7-12)21(25,26)27/h3,5,7,9,11H,4,6,10,29H2,1-2H3,(H,32,34)/t11-,19-/m0/s1. The Morgan fingerprint density at radius 1 is 1.29 bits per heavy atom. The summed E-state index contributed by atoms with van der Waals surface area (Å²) in [5.74, 6) is -1.14. The lowest BCUT2D eigenvalue weighted by Crippen LogP contribution is -2.44. The number of halogens is 6. The number of carbonyl (C=O) groups excluding carboxylic acids is 1. The van der Waals surface area contributed by atoms with Gasteiger partial charge in [0.15, 0.2) is 0 Å². The minimum Gasteiger partial charge on any atom is -0.368 e. The number of alkyl halides is 6. The Balaban J connectivity index is 2.25. The van der Waals surface area contributed by atoms with Crippen molar-refractivity contribution in [2.75, 3.05) is 18.0 Å². The zero-order valence-corrected chi connectivity index (χ0v) is 18.1. The lowest BCUT2D eigenvalue weighted by Gasteiger charge is -2.27. The number of anilines is 1. The summed E-state index contributed by atoms with van der Waals surface area (Å²) in [4.78, 5) is 21.6. The third-order valence-corrected chi connectivity index (χ3v) is 5.40. The molecule has 1 aliphatic heterocycles. The van der Waals surface area contributed by atoms with Crippen LogP contribution in [0.2, 0.25) is 0 Å². The van der Waals surface area contributed by atoms with Crippen molar-refractivity contribution in [1.29, 1.82) is 5.26 Å². The molecule has 1 fully saturated rings. The molecule has 13 heteroatoms. The van der Waals surface area contributed by atoms with Gasteiger partial charge < -0.3 is 16.0 Å². The number of amides is 1. The second-order valence-electron chi connectivity index (χ2n) is 8.35. The normalized spacial score (nSPS) is 19.6. The van der Waals surface area contributed by atoms with Crippen LogP contribution in [-0.4, -0.2) is 46.7 Å². The van der Waals surface area contributed by atoms with Gasteiger partial charge in [0.25, 0.3) is 5.91 Å². The number of hydrogen-bond donors (Lipinski definition) is 2. The van der Waals surface area contributed by atoms with Gasteiger partial charge >= 0.3 is 12.4 Å². The minimum absolute atomic E-state index is 0.0214. The molecular weight excluding hydrogens is 466 g/mol. The van der Waals surface area contributed by atoms with Gasteiger partial charge in [-0.05, 0) is 38.0 Å². The van der Waals surface area contributed by atoms with Crippen molar-refractivity contribution < 1.29 is 31.1 Å². The molecule has 2 aromatic heterocycles. The van der Waals surface area contributed by atoms with Gasteiger partial charge in [-0.2, -0.15) is 31.6 Å². The quantitative estimate of drug-likeness (QED) is 0.639. The van der Waals surface area contributed by atoms with Crippen molar-refractivity contribution in [3.63, 3.8) is 0 Å². The molecule has 0 saturated carbocycles. The van der Waals surface area contributed by atoms with E-state index < -0.39 is 35.5 Å². The molecule has 7 nitrogen and oxygen atoms in total. The maximum Gasteiger partial charge on any atom is 0.433 e. The number of nitriles is 1. The first-order valence-corrected chi connectivity index (χ1v) is 10.0. The van der Waals surface area contributed by atoms with E-state index in [2.05, 4.69) is 9.97 Å². The van der Waals surface area contributed by atoms with Gasteiger partial charge in [0.2, 0.25) is 0 Å².